The molecule has 118 valence electrons. The van der Waals surface area contributed by atoms with Crippen molar-refractivity contribution >= 4 is 5.78 Å². The molecule has 0 amide bonds. The standard InChI is InChI=1S/C17H14FNO4/c1-23-14-8-4-12(5-9-14)16(20)17(19(21)22)10-15(17)11-2-6-13(18)7-3-11/h2-9,15H,10H2,1H3/t15-,17-/m0/s1. The number of hydrogen-bond acceptors (Lipinski definition) is 4. The van der Waals surface area contributed by atoms with Gasteiger partial charge in [0.25, 0.3) is 5.54 Å². The van der Waals surface area contributed by atoms with Gasteiger partial charge in [-0.2, -0.15) is 0 Å². The number of ether oxygens (including phenoxy) is 1. The lowest BCUT2D eigenvalue weighted by atomic mass is 9.97. The van der Waals surface area contributed by atoms with Gasteiger partial charge in [-0.15, -0.1) is 0 Å². The minimum Gasteiger partial charge on any atom is -0.497 e. The van der Waals surface area contributed by atoms with Crippen LogP contribution in [0.5, 0.6) is 5.75 Å². The molecule has 0 bridgehead atoms. The van der Waals surface area contributed by atoms with E-state index in [0.29, 0.717) is 11.3 Å². The van der Waals surface area contributed by atoms with Crippen LogP contribution in [0.1, 0.15) is 28.3 Å². The number of rotatable bonds is 5. The van der Waals surface area contributed by atoms with E-state index in [4.69, 9.17) is 4.74 Å². The number of nitro groups is 1. The van der Waals surface area contributed by atoms with Gasteiger partial charge >= 0.3 is 0 Å². The van der Waals surface area contributed by atoms with Crippen molar-refractivity contribution in [2.24, 2.45) is 0 Å². The van der Waals surface area contributed by atoms with Crippen molar-refractivity contribution in [1.29, 1.82) is 0 Å². The molecule has 0 aromatic heterocycles. The molecule has 0 N–H and O–H groups in total. The van der Waals surface area contributed by atoms with Gasteiger partial charge in [-0.3, -0.25) is 14.9 Å². The highest BCUT2D eigenvalue weighted by atomic mass is 19.1. The molecular weight excluding hydrogens is 301 g/mol. The van der Waals surface area contributed by atoms with Crippen molar-refractivity contribution in [1.82, 2.24) is 0 Å². The Hall–Kier alpha value is -2.76. The third-order valence-electron chi connectivity index (χ3n) is 4.28. The Morgan fingerprint density at radius 2 is 1.83 bits per heavy atom. The van der Waals surface area contributed by atoms with E-state index in [0.717, 1.165) is 0 Å². The average molecular weight is 315 g/mol. The van der Waals surface area contributed by atoms with Crippen LogP contribution in [0.25, 0.3) is 0 Å². The molecule has 3 rings (SSSR count). The molecule has 5 nitrogen and oxygen atoms in total. The molecule has 2 aromatic rings. The smallest absolute Gasteiger partial charge is 0.291 e. The number of methoxy groups -OCH3 is 1. The third-order valence-corrected chi connectivity index (χ3v) is 4.28. The molecule has 0 spiro atoms. The summed E-state index contributed by atoms with van der Waals surface area (Å²) >= 11 is 0. The van der Waals surface area contributed by atoms with Crippen molar-refractivity contribution in [3.8, 4) is 5.75 Å². The predicted molar refractivity (Wildman–Crippen MR) is 80.8 cm³/mol. The van der Waals surface area contributed by atoms with E-state index in [-0.39, 0.29) is 12.0 Å². The maximum Gasteiger partial charge on any atom is 0.291 e. The molecule has 1 aliphatic carbocycles. The lowest BCUT2D eigenvalue weighted by Crippen LogP contribution is -2.34. The summed E-state index contributed by atoms with van der Waals surface area (Å²) in [6, 6.07) is 11.7. The Morgan fingerprint density at radius 3 is 2.35 bits per heavy atom. The second-order valence-corrected chi connectivity index (χ2v) is 5.55. The normalized spacial score (nSPS) is 22.4. The second-order valence-electron chi connectivity index (χ2n) is 5.55. The van der Waals surface area contributed by atoms with E-state index < -0.39 is 28.0 Å². The van der Waals surface area contributed by atoms with Crippen molar-refractivity contribution in [3.63, 3.8) is 0 Å². The molecule has 0 radical (unpaired) electrons. The molecule has 2 aromatic carbocycles. The van der Waals surface area contributed by atoms with Gasteiger partial charge in [0.15, 0.2) is 0 Å². The van der Waals surface area contributed by atoms with Gasteiger partial charge in [0, 0.05) is 16.9 Å². The number of carbonyl (C=O) groups is 1. The van der Waals surface area contributed by atoms with E-state index in [9.17, 15) is 19.3 Å². The molecule has 0 unspecified atom stereocenters. The van der Waals surface area contributed by atoms with Crippen LogP contribution in [0.4, 0.5) is 4.39 Å². The maximum atomic E-state index is 13.0. The number of ketones is 1. The summed E-state index contributed by atoms with van der Waals surface area (Å²) in [5, 5.41) is 11.6. The Balaban J connectivity index is 1.92. The SMILES string of the molecule is COc1ccc(C(=O)[C@]2([N+](=O)[O-])C[C@H]2c2ccc(F)cc2)cc1. The highest BCUT2D eigenvalue weighted by Gasteiger charge is 2.72. The number of nitrogens with zero attached hydrogens (tertiary/aromatic N) is 1. The average Bonchev–Trinajstić information content (AvgIpc) is 3.32. The number of hydrogen-bond donors (Lipinski definition) is 0. The molecule has 23 heavy (non-hydrogen) atoms. The zero-order valence-electron chi connectivity index (χ0n) is 12.4. The van der Waals surface area contributed by atoms with E-state index >= 15 is 0 Å². The van der Waals surface area contributed by atoms with Gasteiger partial charge in [0.2, 0.25) is 5.78 Å². The summed E-state index contributed by atoms with van der Waals surface area (Å²) in [6.07, 6.45) is 0.122. The number of carbonyl (C=O) groups excluding carboxylic acids is 1. The number of Topliss-reactive ketones (excluding diaryl/α,β-unsaturated/α-hetero) is 1. The van der Waals surface area contributed by atoms with Gasteiger partial charge < -0.3 is 4.74 Å². The summed E-state index contributed by atoms with van der Waals surface area (Å²) in [7, 11) is 1.50. The number of halogens is 1. The second kappa shape index (κ2) is 5.46. The minimum atomic E-state index is -1.66. The Kier molecular flexibility index (Phi) is 3.60. The van der Waals surface area contributed by atoms with Crippen molar-refractivity contribution < 1.29 is 18.8 Å². The lowest BCUT2D eigenvalue weighted by molar-refractivity contribution is -0.521. The van der Waals surface area contributed by atoms with E-state index in [1.807, 2.05) is 0 Å². The minimum absolute atomic E-state index is 0.122. The van der Waals surface area contributed by atoms with Crippen LogP contribution in [0.15, 0.2) is 48.5 Å². The highest BCUT2D eigenvalue weighted by molar-refractivity contribution is 6.05. The lowest BCUT2D eigenvalue weighted by Gasteiger charge is -2.09. The monoisotopic (exact) mass is 315 g/mol. The Bertz CT molecular complexity index is 757. The molecule has 6 heteroatoms. The van der Waals surface area contributed by atoms with Crippen LogP contribution >= 0.6 is 0 Å². The van der Waals surface area contributed by atoms with Gasteiger partial charge in [-0.25, -0.2) is 4.39 Å². The van der Waals surface area contributed by atoms with Crippen LogP contribution in [-0.2, 0) is 0 Å². The largest absolute Gasteiger partial charge is 0.497 e. The van der Waals surface area contributed by atoms with E-state index in [1.165, 1.54) is 43.5 Å². The zero-order valence-corrected chi connectivity index (χ0v) is 12.4. The zero-order chi connectivity index (χ0) is 16.6. The van der Waals surface area contributed by atoms with Gasteiger partial charge in [0.05, 0.1) is 13.0 Å². The van der Waals surface area contributed by atoms with Gasteiger partial charge in [0.1, 0.15) is 11.6 Å². The van der Waals surface area contributed by atoms with E-state index in [2.05, 4.69) is 0 Å². The molecule has 1 fully saturated rings. The van der Waals surface area contributed by atoms with Crippen LogP contribution in [-0.4, -0.2) is 23.4 Å². The van der Waals surface area contributed by atoms with Crippen molar-refractivity contribution in [2.45, 2.75) is 17.9 Å². The summed E-state index contributed by atoms with van der Waals surface area (Å²) in [4.78, 5) is 23.7. The quantitative estimate of drug-likeness (QED) is 0.482. The Labute approximate surface area is 131 Å². The first kappa shape index (κ1) is 15.1. The molecule has 0 saturated heterocycles. The van der Waals surface area contributed by atoms with E-state index in [1.54, 1.807) is 12.1 Å². The first-order valence-electron chi connectivity index (χ1n) is 7.08. The molecular formula is C17H14FNO4. The molecule has 1 saturated carbocycles. The first-order chi connectivity index (χ1) is 11.0. The Morgan fingerprint density at radius 1 is 1.22 bits per heavy atom. The fraction of sp³-hybridized carbons (Fsp3) is 0.235. The summed E-state index contributed by atoms with van der Waals surface area (Å²) in [6.45, 7) is 0. The van der Waals surface area contributed by atoms with Crippen LogP contribution in [0, 0.1) is 15.9 Å². The number of benzene rings is 2. The molecule has 0 heterocycles. The van der Waals surface area contributed by atoms with Crippen LogP contribution < -0.4 is 4.74 Å². The van der Waals surface area contributed by atoms with Crippen molar-refractivity contribution in [3.05, 3.63) is 75.6 Å². The van der Waals surface area contributed by atoms with Crippen LogP contribution in [0.2, 0.25) is 0 Å². The molecule has 1 aliphatic rings. The topological polar surface area (TPSA) is 69.4 Å². The van der Waals surface area contributed by atoms with Gasteiger partial charge in [-0.1, -0.05) is 12.1 Å². The first-order valence-corrected chi connectivity index (χ1v) is 7.08. The fourth-order valence-electron chi connectivity index (χ4n) is 2.87. The maximum absolute atomic E-state index is 13.0. The van der Waals surface area contributed by atoms with Gasteiger partial charge in [-0.05, 0) is 42.0 Å². The molecule has 0 aliphatic heterocycles. The predicted octanol–water partition coefficient (Wildman–Crippen LogP) is 3.22. The van der Waals surface area contributed by atoms with Crippen molar-refractivity contribution in [2.75, 3.05) is 7.11 Å². The summed E-state index contributed by atoms with van der Waals surface area (Å²) in [5.74, 6) is -0.905. The highest BCUT2D eigenvalue weighted by Crippen LogP contribution is 2.55. The molecule has 2 atom stereocenters. The fourth-order valence-corrected chi connectivity index (χ4v) is 2.87. The third kappa shape index (κ3) is 2.46. The van der Waals surface area contributed by atoms with Crippen LogP contribution in [0.3, 0.4) is 0 Å². The summed E-state index contributed by atoms with van der Waals surface area (Å²) < 4.78 is 18.0. The summed E-state index contributed by atoms with van der Waals surface area (Å²) in [5.41, 5.74) is -0.788.